The van der Waals surface area contributed by atoms with Crippen LogP contribution in [0, 0.1) is 5.82 Å². The standard InChI is InChI=1S/C25H34FN3O5S/c1-18(2)27-25(31)19(3)28(17-20-8-14-23(34-4)15-9-20)24(30)7-6-16-29(35(5,32)33)22-12-10-21(26)11-13-22/h8-15,18-19H,6-7,16-17H2,1-5H3,(H,27,31). The molecule has 2 amide bonds. The second-order valence-corrected chi connectivity index (χ2v) is 10.5. The van der Waals surface area contributed by atoms with Crippen LogP contribution in [0.15, 0.2) is 48.5 Å². The van der Waals surface area contributed by atoms with E-state index in [-0.39, 0.29) is 43.8 Å². The number of nitrogens with zero attached hydrogens (tertiary/aromatic N) is 2. The number of ether oxygens (including phenoxy) is 1. The number of nitrogens with one attached hydrogen (secondary N) is 1. The number of anilines is 1. The number of amides is 2. The Morgan fingerprint density at radius 3 is 2.14 bits per heavy atom. The van der Waals surface area contributed by atoms with Gasteiger partial charge in [-0.2, -0.15) is 0 Å². The van der Waals surface area contributed by atoms with Gasteiger partial charge in [-0.1, -0.05) is 12.1 Å². The zero-order valence-electron chi connectivity index (χ0n) is 20.8. The van der Waals surface area contributed by atoms with Crippen molar-refractivity contribution >= 4 is 27.5 Å². The highest BCUT2D eigenvalue weighted by Crippen LogP contribution is 2.20. The van der Waals surface area contributed by atoms with E-state index in [1.165, 1.54) is 29.2 Å². The first-order chi connectivity index (χ1) is 16.4. The van der Waals surface area contributed by atoms with E-state index in [0.29, 0.717) is 11.4 Å². The second kappa shape index (κ2) is 12.5. The Bertz CT molecular complexity index is 1090. The van der Waals surface area contributed by atoms with Gasteiger partial charge in [0, 0.05) is 25.6 Å². The summed E-state index contributed by atoms with van der Waals surface area (Å²) >= 11 is 0. The number of methoxy groups -OCH3 is 1. The van der Waals surface area contributed by atoms with Gasteiger partial charge in [-0.15, -0.1) is 0 Å². The van der Waals surface area contributed by atoms with Crippen molar-refractivity contribution in [3.8, 4) is 5.75 Å². The normalized spacial score (nSPS) is 12.2. The van der Waals surface area contributed by atoms with Gasteiger partial charge in [0.05, 0.1) is 19.1 Å². The maximum absolute atomic E-state index is 13.3. The van der Waals surface area contributed by atoms with E-state index >= 15 is 0 Å². The third-order valence-corrected chi connectivity index (χ3v) is 6.57. The fourth-order valence-corrected chi connectivity index (χ4v) is 4.49. The van der Waals surface area contributed by atoms with E-state index in [2.05, 4.69) is 5.32 Å². The molecule has 0 aliphatic carbocycles. The third-order valence-electron chi connectivity index (χ3n) is 5.38. The predicted octanol–water partition coefficient (Wildman–Crippen LogP) is 3.32. The lowest BCUT2D eigenvalue weighted by molar-refractivity contribution is -0.140. The molecule has 2 aromatic rings. The molecule has 2 aromatic carbocycles. The van der Waals surface area contributed by atoms with E-state index in [1.807, 2.05) is 26.0 Å². The molecule has 35 heavy (non-hydrogen) atoms. The molecule has 0 heterocycles. The molecule has 0 aliphatic rings. The van der Waals surface area contributed by atoms with Gasteiger partial charge in [-0.05, 0) is 69.2 Å². The van der Waals surface area contributed by atoms with Gasteiger partial charge < -0.3 is 15.0 Å². The van der Waals surface area contributed by atoms with E-state index in [9.17, 15) is 22.4 Å². The highest BCUT2D eigenvalue weighted by atomic mass is 32.2. The summed E-state index contributed by atoms with van der Waals surface area (Å²) in [5, 5.41) is 2.83. The first kappa shape index (κ1) is 28.1. The zero-order valence-corrected chi connectivity index (χ0v) is 21.6. The third kappa shape index (κ3) is 8.54. The van der Waals surface area contributed by atoms with Crippen LogP contribution in [-0.2, 0) is 26.2 Å². The Hall–Kier alpha value is -3.14. The summed E-state index contributed by atoms with van der Waals surface area (Å²) in [4.78, 5) is 27.4. The van der Waals surface area contributed by atoms with Gasteiger partial charge in [-0.25, -0.2) is 12.8 Å². The molecular weight excluding hydrogens is 473 g/mol. The van der Waals surface area contributed by atoms with Crippen LogP contribution in [0.4, 0.5) is 10.1 Å². The van der Waals surface area contributed by atoms with E-state index < -0.39 is 21.9 Å². The van der Waals surface area contributed by atoms with Crippen LogP contribution in [0.1, 0.15) is 39.2 Å². The lowest BCUT2D eigenvalue weighted by Gasteiger charge is -2.30. The molecule has 8 nitrogen and oxygen atoms in total. The number of carbonyl (C=O) groups is 2. The minimum absolute atomic E-state index is 0.0304. The average molecular weight is 508 g/mol. The Labute approximate surface area is 207 Å². The molecule has 1 N–H and O–H groups in total. The summed E-state index contributed by atoms with van der Waals surface area (Å²) in [5.74, 6) is -0.343. The van der Waals surface area contributed by atoms with Crippen molar-refractivity contribution < 1.29 is 27.1 Å². The molecule has 0 saturated carbocycles. The van der Waals surface area contributed by atoms with Gasteiger partial charge in [0.15, 0.2) is 0 Å². The topological polar surface area (TPSA) is 96.0 Å². The van der Waals surface area contributed by atoms with Crippen LogP contribution in [0.25, 0.3) is 0 Å². The van der Waals surface area contributed by atoms with E-state index in [0.717, 1.165) is 16.1 Å². The highest BCUT2D eigenvalue weighted by Gasteiger charge is 2.27. The molecule has 2 rings (SSSR count). The van der Waals surface area contributed by atoms with Crippen LogP contribution in [-0.4, -0.2) is 57.1 Å². The molecule has 0 spiro atoms. The fraction of sp³-hybridized carbons (Fsp3) is 0.440. The van der Waals surface area contributed by atoms with Crippen LogP contribution in [0.5, 0.6) is 5.75 Å². The van der Waals surface area contributed by atoms with Crippen molar-refractivity contribution in [2.75, 3.05) is 24.2 Å². The molecule has 1 atom stereocenters. The van der Waals surface area contributed by atoms with Crippen LogP contribution in [0.3, 0.4) is 0 Å². The quantitative estimate of drug-likeness (QED) is 0.476. The monoisotopic (exact) mass is 507 g/mol. The molecule has 0 fully saturated rings. The zero-order chi connectivity index (χ0) is 26.2. The number of halogens is 1. The maximum Gasteiger partial charge on any atom is 0.242 e. The Morgan fingerprint density at radius 2 is 1.63 bits per heavy atom. The SMILES string of the molecule is COc1ccc(CN(C(=O)CCCN(c2ccc(F)cc2)S(C)(=O)=O)C(C)C(=O)NC(C)C)cc1. The van der Waals surface area contributed by atoms with Crippen molar-refractivity contribution in [1.29, 1.82) is 0 Å². The van der Waals surface area contributed by atoms with Crippen molar-refractivity contribution in [1.82, 2.24) is 10.2 Å². The predicted molar refractivity (Wildman–Crippen MR) is 134 cm³/mol. The molecule has 1 unspecified atom stereocenters. The Balaban J connectivity index is 2.16. The van der Waals surface area contributed by atoms with Gasteiger partial charge in [0.25, 0.3) is 0 Å². The second-order valence-electron chi connectivity index (χ2n) is 8.62. The Morgan fingerprint density at radius 1 is 1.03 bits per heavy atom. The molecule has 0 saturated heterocycles. The molecule has 0 bridgehead atoms. The lowest BCUT2D eigenvalue weighted by Crippen LogP contribution is -2.49. The van der Waals surface area contributed by atoms with Gasteiger partial charge in [0.2, 0.25) is 21.8 Å². The van der Waals surface area contributed by atoms with E-state index in [4.69, 9.17) is 4.74 Å². The van der Waals surface area contributed by atoms with Gasteiger partial charge in [0.1, 0.15) is 17.6 Å². The molecule has 0 aliphatic heterocycles. The fourth-order valence-electron chi connectivity index (χ4n) is 3.53. The highest BCUT2D eigenvalue weighted by molar-refractivity contribution is 7.92. The molecule has 0 aromatic heterocycles. The van der Waals surface area contributed by atoms with Crippen molar-refractivity contribution in [3.63, 3.8) is 0 Å². The first-order valence-electron chi connectivity index (χ1n) is 11.4. The van der Waals surface area contributed by atoms with Crippen molar-refractivity contribution in [2.24, 2.45) is 0 Å². The molecule has 10 heteroatoms. The van der Waals surface area contributed by atoms with Gasteiger partial charge in [-0.3, -0.25) is 13.9 Å². The minimum atomic E-state index is -3.64. The van der Waals surface area contributed by atoms with Gasteiger partial charge >= 0.3 is 0 Å². The minimum Gasteiger partial charge on any atom is -0.497 e. The summed E-state index contributed by atoms with van der Waals surface area (Å²) < 4.78 is 44.2. The summed E-state index contributed by atoms with van der Waals surface area (Å²) in [6.07, 6.45) is 1.32. The summed E-state index contributed by atoms with van der Waals surface area (Å²) in [6, 6.07) is 11.5. The number of benzene rings is 2. The number of rotatable bonds is 12. The molecular formula is C25H34FN3O5S. The van der Waals surface area contributed by atoms with Crippen molar-refractivity contribution in [2.45, 2.75) is 52.2 Å². The van der Waals surface area contributed by atoms with Crippen LogP contribution in [0.2, 0.25) is 0 Å². The summed E-state index contributed by atoms with van der Waals surface area (Å²) in [5.41, 5.74) is 1.15. The summed E-state index contributed by atoms with van der Waals surface area (Å²) in [7, 11) is -2.07. The number of hydrogen-bond acceptors (Lipinski definition) is 5. The first-order valence-corrected chi connectivity index (χ1v) is 13.2. The number of hydrogen-bond donors (Lipinski definition) is 1. The Kier molecular flexibility index (Phi) is 10.1. The largest absolute Gasteiger partial charge is 0.497 e. The van der Waals surface area contributed by atoms with Crippen molar-refractivity contribution in [3.05, 3.63) is 59.9 Å². The number of carbonyl (C=O) groups excluding carboxylic acids is 2. The smallest absolute Gasteiger partial charge is 0.242 e. The maximum atomic E-state index is 13.3. The van der Waals surface area contributed by atoms with Crippen LogP contribution >= 0.6 is 0 Å². The summed E-state index contributed by atoms with van der Waals surface area (Å²) in [6.45, 7) is 5.60. The molecule has 0 radical (unpaired) electrons. The lowest BCUT2D eigenvalue weighted by atomic mass is 10.1. The van der Waals surface area contributed by atoms with E-state index in [1.54, 1.807) is 26.2 Å². The average Bonchev–Trinajstić information content (AvgIpc) is 2.79. The van der Waals surface area contributed by atoms with Crippen LogP contribution < -0.4 is 14.4 Å². The number of sulfonamides is 1. The molecule has 192 valence electrons.